The number of aryl methyl sites for hydroxylation is 1. The van der Waals surface area contributed by atoms with E-state index in [1.165, 1.54) is 37.1 Å². The zero-order valence-electron chi connectivity index (χ0n) is 12.3. The SMILES string of the molecule is CCCN(CC)CCNc1ncnc2c1CCCC2. The minimum absolute atomic E-state index is 0.970. The quantitative estimate of drug-likeness (QED) is 0.819. The number of anilines is 1. The van der Waals surface area contributed by atoms with E-state index in [0.29, 0.717) is 0 Å². The number of rotatable bonds is 7. The lowest BCUT2D eigenvalue weighted by molar-refractivity contribution is 0.300. The summed E-state index contributed by atoms with van der Waals surface area (Å²) in [6.07, 6.45) is 7.71. The summed E-state index contributed by atoms with van der Waals surface area (Å²) in [7, 11) is 0. The van der Waals surface area contributed by atoms with Crippen LogP contribution in [0.2, 0.25) is 0 Å². The molecule has 4 heteroatoms. The summed E-state index contributed by atoms with van der Waals surface area (Å²) in [5, 5.41) is 3.50. The molecule has 0 bridgehead atoms. The van der Waals surface area contributed by atoms with E-state index in [4.69, 9.17) is 0 Å². The minimum atomic E-state index is 0.970. The first-order chi connectivity index (χ1) is 9.35. The highest BCUT2D eigenvalue weighted by molar-refractivity contribution is 5.46. The second kappa shape index (κ2) is 7.43. The maximum absolute atomic E-state index is 4.42. The van der Waals surface area contributed by atoms with Gasteiger partial charge in [0.05, 0.1) is 0 Å². The van der Waals surface area contributed by atoms with Crippen LogP contribution in [0.1, 0.15) is 44.4 Å². The van der Waals surface area contributed by atoms with Crippen molar-refractivity contribution in [3.8, 4) is 0 Å². The van der Waals surface area contributed by atoms with Gasteiger partial charge in [0, 0.05) is 24.3 Å². The van der Waals surface area contributed by atoms with Gasteiger partial charge in [-0.1, -0.05) is 13.8 Å². The number of hydrogen-bond acceptors (Lipinski definition) is 4. The van der Waals surface area contributed by atoms with Gasteiger partial charge >= 0.3 is 0 Å². The van der Waals surface area contributed by atoms with Gasteiger partial charge in [-0.05, 0) is 45.2 Å². The third-order valence-corrected chi connectivity index (χ3v) is 3.83. The average Bonchev–Trinajstić information content (AvgIpc) is 2.46. The van der Waals surface area contributed by atoms with Crippen LogP contribution in [0.25, 0.3) is 0 Å². The van der Waals surface area contributed by atoms with Gasteiger partial charge in [-0.2, -0.15) is 0 Å². The molecule has 0 spiro atoms. The molecule has 4 nitrogen and oxygen atoms in total. The fourth-order valence-electron chi connectivity index (χ4n) is 2.75. The van der Waals surface area contributed by atoms with Crippen LogP contribution in [0.5, 0.6) is 0 Å². The molecular weight excluding hydrogens is 236 g/mol. The normalized spacial score (nSPS) is 14.5. The van der Waals surface area contributed by atoms with E-state index in [9.17, 15) is 0 Å². The molecule has 0 atom stereocenters. The van der Waals surface area contributed by atoms with Gasteiger partial charge in [0.2, 0.25) is 0 Å². The molecule has 1 aliphatic carbocycles. The molecule has 1 heterocycles. The molecule has 0 unspecified atom stereocenters. The average molecular weight is 262 g/mol. The fraction of sp³-hybridized carbons (Fsp3) is 0.733. The lowest BCUT2D eigenvalue weighted by atomic mass is 9.96. The molecule has 106 valence electrons. The van der Waals surface area contributed by atoms with Crippen molar-refractivity contribution in [2.75, 3.05) is 31.5 Å². The van der Waals surface area contributed by atoms with Crippen LogP contribution >= 0.6 is 0 Å². The molecule has 1 aromatic heterocycles. The molecule has 0 aromatic carbocycles. The van der Waals surface area contributed by atoms with E-state index >= 15 is 0 Å². The number of hydrogen-bond donors (Lipinski definition) is 1. The van der Waals surface area contributed by atoms with Crippen molar-refractivity contribution >= 4 is 5.82 Å². The predicted octanol–water partition coefficient (Wildman–Crippen LogP) is 2.50. The molecule has 0 saturated heterocycles. The van der Waals surface area contributed by atoms with Gasteiger partial charge in [-0.15, -0.1) is 0 Å². The Balaban J connectivity index is 1.89. The Morgan fingerprint density at radius 1 is 1.16 bits per heavy atom. The Hall–Kier alpha value is -1.16. The summed E-state index contributed by atoms with van der Waals surface area (Å²) >= 11 is 0. The topological polar surface area (TPSA) is 41.0 Å². The number of likely N-dealkylation sites (N-methyl/N-ethyl adjacent to an activating group) is 1. The molecule has 0 saturated carbocycles. The lowest BCUT2D eigenvalue weighted by Gasteiger charge is -2.21. The van der Waals surface area contributed by atoms with E-state index in [2.05, 4.69) is 34.0 Å². The third-order valence-electron chi connectivity index (χ3n) is 3.83. The number of nitrogens with zero attached hydrogens (tertiary/aromatic N) is 3. The van der Waals surface area contributed by atoms with Gasteiger partial charge in [0.1, 0.15) is 12.1 Å². The van der Waals surface area contributed by atoms with Gasteiger partial charge in [-0.25, -0.2) is 9.97 Å². The first kappa shape index (κ1) is 14.3. The van der Waals surface area contributed by atoms with Crippen LogP contribution in [0.3, 0.4) is 0 Å². The molecule has 0 amide bonds. The molecule has 0 fully saturated rings. The van der Waals surface area contributed by atoms with E-state index in [-0.39, 0.29) is 0 Å². The van der Waals surface area contributed by atoms with Crippen molar-refractivity contribution in [2.45, 2.75) is 46.0 Å². The summed E-state index contributed by atoms with van der Waals surface area (Å²) in [4.78, 5) is 11.3. The zero-order valence-corrected chi connectivity index (χ0v) is 12.3. The summed E-state index contributed by atoms with van der Waals surface area (Å²) in [5.41, 5.74) is 2.61. The van der Waals surface area contributed by atoms with Crippen molar-refractivity contribution in [1.82, 2.24) is 14.9 Å². The summed E-state index contributed by atoms with van der Waals surface area (Å²) in [6, 6.07) is 0. The van der Waals surface area contributed by atoms with Gasteiger partial charge in [0.25, 0.3) is 0 Å². The first-order valence-electron chi connectivity index (χ1n) is 7.64. The van der Waals surface area contributed by atoms with E-state index in [1.54, 1.807) is 6.33 Å². The fourth-order valence-corrected chi connectivity index (χ4v) is 2.75. The second-order valence-electron chi connectivity index (χ2n) is 5.22. The van der Waals surface area contributed by atoms with Crippen LogP contribution in [-0.2, 0) is 12.8 Å². The van der Waals surface area contributed by atoms with E-state index in [0.717, 1.165) is 38.3 Å². The molecule has 2 rings (SSSR count). The summed E-state index contributed by atoms with van der Waals surface area (Å²) in [6.45, 7) is 8.82. The van der Waals surface area contributed by atoms with Gasteiger partial charge < -0.3 is 10.2 Å². The van der Waals surface area contributed by atoms with Crippen LogP contribution in [0.4, 0.5) is 5.82 Å². The molecular formula is C15H26N4. The monoisotopic (exact) mass is 262 g/mol. The highest BCUT2D eigenvalue weighted by Crippen LogP contribution is 2.24. The maximum atomic E-state index is 4.42. The standard InChI is InChI=1S/C15H26N4/c1-3-10-19(4-2)11-9-16-15-13-7-5-6-8-14(13)17-12-18-15/h12H,3-11H2,1-2H3,(H,16,17,18). The smallest absolute Gasteiger partial charge is 0.132 e. The van der Waals surface area contributed by atoms with Gasteiger partial charge in [-0.3, -0.25) is 0 Å². The van der Waals surface area contributed by atoms with Crippen molar-refractivity contribution in [2.24, 2.45) is 0 Å². The van der Waals surface area contributed by atoms with Crippen LogP contribution < -0.4 is 5.32 Å². The number of nitrogens with one attached hydrogen (secondary N) is 1. The molecule has 0 aliphatic heterocycles. The van der Waals surface area contributed by atoms with Crippen molar-refractivity contribution < 1.29 is 0 Å². The van der Waals surface area contributed by atoms with E-state index < -0.39 is 0 Å². The van der Waals surface area contributed by atoms with E-state index in [1.807, 2.05) is 0 Å². The van der Waals surface area contributed by atoms with Crippen molar-refractivity contribution in [3.05, 3.63) is 17.6 Å². The molecule has 1 N–H and O–H groups in total. The Morgan fingerprint density at radius 2 is 2.00 bits per heavy atom. The zero-order chi connectivity index (χ0) is 13.5. The first-order valence-corrected chi connectivity index (χ1v) is 7.64. The maximum Gasteiger partial charge on any atom is 0.132 e. The molecule has 0 radical (unpaired) electrons. The molecule has 1 aliphatic rings. The summed E-state index contributed by atoms with van der Waals surface area (Å²) < 4.78 is 0. The predicted molar refractivity (Wildman–Crippen MR) is 79.6 cm³/mol. The van der Waals surface area contributed by atoms with Crippen molar-refractivity contribution in [1.29, 1.82) is 0 Å². The van der Waals surface area contributed by atoms with Crippen LogP contribution in [0, 0.1) is 0 Å². The molecule has 19 heavy (non-hydrogen) atoms. The van der Waals surface area contributed by atoms with Crippen LogP contribution in [-0.4, -0.2) is 41.0 Å². The Kier molecular flexibility index (Phi) is 5.58. The van der Waals surface area contributed by atoms with Gasteiger partial charge in [0.15, 0.2) is 0 Å². The third kappa shape index (κ3) is 3.90. The second-order valence-corrected chi connectivity index (χ2v) is 5.22. The molecule has 1 aromatic rings. The summed E-state index contributed by atoms with van der Waals surface area (Å²) in [5.74, 6) is 1.07. The Morgan fingerprint density at radius 3 is 2.79 bits per heavy atom. The highest BCUT2D eigenvalue weighted by Gasteiger charge is 2.15. The van der Waals surface area contributed by atoms with Crippen LogP contribution in [0.15, 0.2) is 6.33 Å². The Labute approximate surface area is 116 Å². The minimum Gasteiger partial charge on any atom is -0.368 e. The largest absolute Gasteiger partial charge is 0.368 e. The number of fused-ring (bicyclic) bond motifs is 1. The van der Waals surface area contributed by atoms with Crippen molar-refractivity contribution in [3.63, 3.8) is 0 Å². The Bertz CT molecular complexity index is 392. The highest BCUT2D eigenvalue weighted by atomic mass is 15.1. The lowest BCUT2D eigenvalue weighted by Crippen LogP contribution is -2.30. The number of aromatic nitrogens is 2.